The van der Waals surface area contributed by atoms with Crippen molar-refractivity contribution in [3.05, 3.63) is 10.9 Å². The molecule has 0 radical (unpaired) electrons. The summed E-state index contributed by atoms with van der Waals surface area (Å²) in [4.78, 5) is 8.76. The fourth-order valence-corrected chi connectivity index (χ4v) is 4.05. The van der Waals surface area contributed by atoms with Gasteiger partial charge in [0.1, 0.15) is 16.7 Å². The van der Waals surface area contributed by atoms with E-state index in [2.05, 4.69) is 50.2 Å². The van der Waals surface area contributed by atoms with Gasteiger partial charge in [0.15, 0.2) is 5.65 Å². The normalized spacial score (nSPS) is 22.0. The molecule has 6 nitrogen and oxygen atoms in total. The highest BCUT2D eigenvalue weighted by atomic mass is 79.9. The van der Waals surface area contributed by atoms with Gasteiger partial charge in [-0.3, -0.25) is 0 Å². The van der Waals surface area contributed by atoms with Crippen molar-refractivity contribution in [2.45, 2.75) is 51.7 Å². The van der Waals surface area contributed by atoms with Crippen molar-refractivity contribution in [2.24, 2.45) is 13.0 Å². The van der Waals surface area contributed by atoms with Gasteiger partial charge >= 0.3 is 0 Å². The first-order valence-electron chi connectivity index (χ1n) is 8.35. The summed E-state index contributed by atoms with van der Waals surface area (Å²) in [6.07, 6.45) is 6.29. The molecule has 0 bridgehead atoms. The van der Waals surface area contributed by atoms with Crippen LogP contribution in [0, 0.1) is 5.92 Å². The molecule has 126 valence electrons. The van der Waals surface area contributed by atoms with Crippen LogP contribution in [0.5, 0.6) is 0 Å². The molecule has 0 saturated carbocycles. The highest BCUT2D eigenvalue weighted by molar-refractivity contribution is 9.10. The minimum atomic E-state index is 0.339. The minimum absolute atomic E-state index is 0.339. The summed E-state index contributed by atoms with van der Waals surface area (Å²) >= 11 is 3.51. The van der Waals surface area contributed by atoms with Crippen molar-refractivity contribution in [2.75, 3.05) is 11.9 Å². The van der Waals surface area contributed by atoms with Crippen LogP contribution in [0.25, 0.3) is 11.0 Å². The molecule has 2 atom stereocenters. The minimum Gasteiger partial charge on any atom is -0.378 e. The average molecular weight is 382 g/mol. The van der Waals surface area contributed by atoms with Gasteiger partial charge in [-0.15, -0.1) is 0 Å². The fourth-order valence-electron chi connectivity index (χ4n) is 3.45. The average Bonchev–Trinajstić information content (AvgIpc) is 2.85. The van der Waals surface area contributed by atoms with Crippen molar-refractivity contribution in [1.82, 2.24) is 19.7 Å². The van der Waals surface area contributed by atoms with Gasteiger partial charge in [-0.2, -0.15) is 5.10 Å². The molecule has 0 aliphatic carbocycles. The van der Waals surface area contributed by atoms with Crippen LogP contribution in [0.1, 0.15) is 39.5 Å². The third kappa shape index (κ3) is 3.35. The highest BCUT2D eigenvalue weighted by Crippen LogP contribution is 2.30. The summed E-state index contributed by atoms with van der Waals surface area (Å²) in [5, 5.41) is 8.92. The molecule has 3 rings (SSSR count). The molecule has 23 heavy (non-hydrogen) atoms. The Morgan fingerprint density at radius 1 is 1.39 bits per heavy atom. The number of aromatic nitrogens is 4. The van der Waals surface area contributed by atoms with E-state index in [0.29, 0.717) is 18.1 Å². The number of ether oxygens (including phenoxy) is 1. The van der Waals surface area contributed by atoms with E-state index in [0.717, 1.165) is 40.9 Å². The summed E-state index contributed by atoms with van der Waals surface area (Å²) in [5.41, 5.74) is 0.831. The van der Waals surface area contributed by atoms with Gasteiger partial charge < -0.3 is 10.1 Å². The lowest BCUT2D eigenvalue weighted by Gasteiger charge is -2.34. The Morgan fingerprint density at radius 3 is 2.91 bits per heavy atom. The Hall–Kier alpha value is -1.21. The summed E-state index contributed by atoms with van der Waals surface area (Å²) in [6.45, 7) is 5.30. The van der Waals surface area contributed by atoms with E-state index in [-0.39, 0.29) is 0 Å². The number of nitrogens with one attached hydrogen (secondary N) is 1. The molecule has 2 unspecified atom stereocenters. The zero-order chi connectivity index (χ0) is 16.4. The lowest BCUT2D eigenvalue weighted by molar-refractivity contribution is -0.0271. The monoisotopic (exact) mass is 381 g/mol. The second kappa shape index (κ2) is 7.13. The molecule has 1 saturated heterocycles. The first-order valence-corrected chi connectivity index (χ1v) is 9.14. The van der Waals surface area contributed by atoms with Gasteiger partial charge in [-0.05, 0) is 34.7 Å². The molecule has 1 aliphatic heterocycles. The molecule has 2 aromatic rings. The molecular weight excluding hydrogens is 358 g/mol. The first kappa shape index (κ1) is 16.6. The van der Waals surface area contributed by atoms with Gasteiger partial charge in [0.25, 0.3) is 0 Å². The number of hydrogen-bond acceptors (Lipinski definition) is 5. The Morgan fingerprint density at radius 2 is 2.17 bits per heavy atom. The molecule has 1 N–H and O–H groups in total. The summed E-state index contributed by atoms with van der Waals surface area (Å²) in [5.74, 6) is 1.49. The predicted molar refractivity (Wildman–Crippen MR) is 94.5 cm³/mol. The van der Waals surface area contributed by atoms with E-state index in [9.17, 15) is 0 Å². The second-order valence-corrected chi connectivity index (χ2v) is 6.94. The van der Waals surface area contributed by atoms with Gasteiger partial charge in [0.2, 0.25) is 0 Å². The first-order chi connectivity index (χ1) is 11.1. The quantitative estimate of drug-likeness (QED) is 0.857. The molecule has 7 heteroatoms. The molecular formula is C16H24BrN5O. The lowest BCUT2D eigenvalue weighted by atomic mass is 9.89. The van der Waals surface area contributed by atoms with Gasteiger partial charge in [0, 0.05) is 19.7 Å². The number of nitrogens with zero attached hydrogens (tertiary/aromatic N) is 4. The third-order valence-corrected chi connectivity index (χ3v) is 5.36. The smallest absolute Gasteiger partial charge is 0.164 e. The van der Waals surface area contributed by atoms with Crippen molar-refractivity contribution in [3.8, 4) is 0 Å². The Labute approximate surface area is 145 Å². The van der Waals surface area contributed by atoms with Crippen LogP contribution in [-0.2, 0) is 11.8 Å². The van der Waals surface area contributed by atoms with Gasteiger partial charge in [0.05, 0.1) is 11.5 Å². The molecule has 2 aromatic heterocycles. The number of hydrogen-bond donors (Lipinski definition) is 1. The van der Waals surface area contributed by atoms with Crippen molar-refractivity contribution in [3.63, 3.8) is 0 Å². The van der Waals surface area contributed by atoms with Crippen LogP contribution in [0.4, 0.5) is 5.82 Å². The zero-order valence-corrected chi connectivity index (χ0v) is 15.5. The third-order valence-electron chi connectivity index (χ3n) is 4.81. The number of rotatable bonds is 5. The van der Waals surface area contributed by atoms with Gasteiger partial charge in [-0.25, -0.2) is 14.6 Å². The second-order valence-electron chi connectivity index (χ2n) is 6.19. The lowest BCUT2D eigenvalue weighted by Crippen LogP contribution is -2.38. The zero-order valence-electron chi connectivity index (χ0n) is 13.9. The van der Waals surface area contributed by atoms with Crippen LogP contribution >= 0.6 is 15.9 Å². The number of fused-ring (bicyclic) bond motifs is 1. The van der Waals surface area contributed by atoms with Crippen LogP contribution < -0.4 is 5.32 Å². The SMILES string of the molecule is CCC(CC)C1CC(Nc2ncnc3c2c(Br)nn3C)CCO1. The summed E-state index contributed by atoms with van der Waals surface area (Å²) in [7, 11) is 1.89. The van der Waals surface area contributed by atoms with Crippen LogP contribution in [0.2, 0.25) is 0 Å². The molecule has 3 heterocycles. The maximum Gasteiger partial charge on any atom is 0.164 e. The van der Waals surface area contributed by atoms with E-state index < -0.39 is 0 Å². The molecule has 0 aromatic carbocycles. The Bertz CT molecular complexity index is 670. The number of halogens is 1. The van der Waals surface area contributed by atoms with Gasteiger partial charge in [-0.1, -0.05) is 26.7 Å². The van der Waals surface area contributed by atoms with E-state index in [1.807, 2.05) is 7.05 Å². The summed E-state index contributed by atoms with van der Waals surface area (Å²) < 4.78 is 8.55. The van der Waals surface area contributed by atoms with E-state index >= 15 is 0 Å². The Balaban J connectivity index is 1.79. The van der Waals surface area contributed by atoms with E-state index in [1.165, 1.54) is 12.8 Å². The highest BCUT2D eigenvalue weighted by Gasteiger charge is 2.28. The maximum absolute atomic E-state index is 6.01. The maximum atomic E-state index is 6.01. The van der Waals surface area contributed by atoms with Crippen molar-refractivity contribution >= 4 is 32.8 Å². The standard InChI is InChI=1S/C16H24BrN5O/c1-4-10(5-2)12-8-11(6-7-23-12)20-15-13-14(17)21-22(3)16(13)19-9-18-15/h9-12H,4-8H2,1-3H3,(H,18,19,20). The van der Waals surface area contributed by atoms with Crippen LogP contribution in [-0.4, -0.2) is 38.5 Å². The molecule has 0 amide bonds. The van der Waals surface area contributed by atoms with Crippen molar-refractivity contribution in [1.29, 1.82) is 0 Å². The fraction of sp³-hybridized carbons (Fsp3) is 0.688. The van der Waals surface area contributed by atoms with Crippen molar-refractivity contribution < 1.29 is 4.74 Å². The number of aryl methyl sites for hydroxylation is 1. The van der Waals surface area contributed by atoms with E-state index in [1.54, 1.807) is 11.0 Å². The molecule has 1 fully saturated rings. The molecule has 0 spiro atoms. The number of anilines is 1. The van der Waals surface area contributed by atoms with E-state index in [4.69, 9.17) is 4.74 Å². The topological polar surface area (TPSA) is 64.9 Å². The van der Waals surface area contributed by atoms with Crippen LogP contribution in [0.15, 0.2) is 10.9 Å². The molecule has 1 aliphatic rings. The largest absolute Gasteiger partial charge is 0.378 e. The van der Waals surface area contributed by atoms with Crippen LogP contribution in [0.3, 0.4) is 0 Å². The Kier molecular flexibility index (Phi) is 5.16. The predicted octanol–water partition coefficient (Wildman–Crippen LogP) is 3.52. The summed E-state index contributed by atoms with van der Waals surface area (Å²) in [6, 6.07) is 0.375.